The van der Waals surface area contributed by atoms with Crippen molar-refractivity contribution in [3.63, 3.8) is 0 Å². The summed E-state index contributed by atoms with van der Waals surface area (Å²) in [5.74, 6) is -0.416. The van der Waals surface area contributed by atoms with Crippen LogP contribution in [0.1, 0.15) is 41.6 Å². The Morgan fingerprint density at radius 3 is 2.79 bits per heavy atom. The van der Waals surface area contributed by atoms with Crippen molar-refractivity contribution in [1.82, 2.24) is 29.5 Å². The molecule has 0 unspecified atom stereocenters. The van der Waals surface area contributed by atoms with Crippen LogP contribution in [0.3, 0.4) is 0 Å². The molecule has 11 nitrogen and oxygen atoms in total. The first-order valence-corrected chi connectivity index (χ1v) is 13.3. The second kappa shape index (κ2) is 10.4. The largest absolute Gasteiger partial charge is 0.481 e. The predicted molar refractivity (Wildman–Crippen MR) is 150 cm³/mol. The fourth-order valence-electron chi connectivity index (χ4n) is 5.46. The molecule has 0 bridgehead atoms. The summed E-state index contributed by atoms with van der Waals surface area (Å²) in [7, 11) is 0. The molecule has 5 aromatic rings. The lowest BCUT2D eigenvalue weighted by molar-refractivity contribution is -0.147. The number of halogens is 1. The first-order chi connectivity index (χ1) is 20.2. The maximum absolute atomic E-state index is 15.3. The van der Waals surface area contributed by atoms with Gasteiger partial charge in [0.05, 0.1) is 22.7 Å². The minimum Gasteiger partial charge on any atom is -0.481 e. The Morgan fingerprint density at radius 1 is 1.26 bits per heavy atom. The van der Waals surface area contributed by atoms with Crippen LogP contribution in [0.2, 0.25) is 0 Å². The first kappa shape index (κ1) is 27.0. The fourth-order valence-corrected chi connectivity index (χ4v) is 5.46. The highest BCUT2D eigenvalue weighted by Gasteiger charge is 2.40. The molecule has 12 heteroatoms. The lowest BCUT2D eigenvalue weighted by Gasteiger charge is -2.21. The third kappa shape index (κ3) is 4.73. The maximum Gasteiger partial charge on any atom is 0.310 e. The molecule has 3 N–H and O–H groups in total. The zero-order valence-electron chi connectivity index (χ0n) is 23.0. The SMILES string of the molecule is Cc1ncoc1-c1c(-c2cccc(C#N)c2)nc(N)c2nc(Cc3c(F)cccc3CN3CC[C@@](C)(C(=O)O)C3)nn12. The van der Waals surface area contributed by atoms with Gasteiger partial charge in [-0.3, -0.25) is 9.69 Å². The van der Waals surface area contributed by atoms with E-state index in [1.807, 2.05) is 11.0 Å². The number of oxazole rings is 1. The smallest absolute Gasteiger partial charge is 0.310 e. The van der Waals surface area contributed by atoms with E-state index in [2.05, 4.69) is 21.0 Å². The number of nitrogens with two attached hydrogens (primary N) is 1. The number of nitrogen functional groups attached to an aromatic ring is 1. The van der Waals surface area contributed by atoms with Crippen LogP contribution >= 0.6 is 0 Å². The van der Waals surface area contributed by atoms with Crippen molar-refractivity contribution in [2.75, 3.05) is 18.8 Å². The van der Waals surface area contributed by atoms with Crippen molar-refractivity contribution in [2.45, 2.75) is 33.2 Å². The number of anilines is 1. The summed E-state index contributed by atoms with van der Waals surface area (Å²) in [6.07, 6.45) is 1.91. The minimum absolute atomic E-state index is 0.0707. The number of hydrogen-bond donors (Lipinski definition) is 2. The van der Waals surface area contributed by atoms with Gasteiger partial charge in [-0.05, 0) is 56.1 Å². The number of nitriles is 1. The number of benzene rings is 2. The number of likely N-dealkylation sites (tertiary alicyclic amines) is 1. The molecule has 2 aromatic carbocycles. The highest BCUT2D eigenvalue weighted by molar-refractivity contribution is 5.82. The monoisotopic (exact) mass is 566 g/mol. The predicted octanol–water partition coefficient (Wildman–Crippen LogP) is 4.24. The molecule has 6 rings (SSSR count). The highest BCUT2D eigenvalue weighted by atomic mass is 19.1. The summed E-state index contributed by atoms with van der Waals surface area (Å²) in [4.78, 5) is 27.2. The van der Waals surface area contributed by atoms with Gasteiger partial charge in [-0.15, -0.1) is 0 Å². The Hall–Kier alpha value is -5.15. The molecule has 0 aliphatic carbocycles. The average molecular weight is 567 g/mol. The molecule has 1 aliphatic rings. The van der Waals surface area contributed by atoms with Gasteiger partial charge in [0.1, 0.15) is 17.2 Å². The van der Waals surface area contributed by atoms with E-state index in [-0.39, 0.29) is 17.9 Å². The van der Waals surface area contributed by atoms with Gasteiger partial charge in [0.2, 0.25) is 0 Å². The van der Waals surface area contributed by atoms with E-state index >= 15 is 4.39 Å². The summed E-state index contributed by atoms with van der Waals surface area (Å²) in [5.41, 5.74) is 9.50. The Balaban J connectivity index is 1.43. The van der Waals surface area contributed by atoms with E-state index in [1.165, 1.54) is 17.0 Å². The lowest BCUT2D eigenvalue weighted by atomic mass is 9.90. The van der Waals surface area contributed by atoms with E-state index in [0.29, 0.717) is 71.4 Å². The second-order valence-corrected chi connectivity index (χ2v) is 10.8. The van der Waals surface area contributed by atoms with Crippen LogP contribution in [0.15, 0.2) is 53.3 Å². The summed E-state index contributed by atoms with van der Waals surface area (Å²) in [5, 5.41) is 23.8. The number of aromatic nitrogens is 5. The van der Waals surface area contributed by atoms with Gasteiger partial charge >= 0.3 is 5.97 Å². The van der Waals surface area contributed by atoms with Crippen molar-refractivity contribution >= 4 is 17.4 Å². The van der Waals surface area contributed by atoms with Crippen molar-refractivity contribution in [2.24, 2.45) is 5.41 Å². The number of aryl methyl sites for hydroxylation is 1. The zero-order chi connectivity index (χ0) is 29.6. The van der Waals surface area contributed by atoms with Gasteiger partial charge < -0.3 is 15.3 Å². The molecule has 0 radical (unpaired) electrons. The minimum atomic E-state index is -0.832. The number of carboxylic acid groups (broad SMARTS) is 1. The molecule has 3 aromatic heterocycles. The Kier molecular flexibility index (Phi) is 6.67. The summed E-state index contributed by atoms with van der Waals surface area (Å²) in [6, 6.07) is 13.9. The van der Waals surface area contributed by atoms with Crippen LogP contribution < -0.4 is 5.73 Å². The Morgan fingerprint density at radius 2 is 2.07 bits per heavy atom. The normalized spacial score (nSPS) is 17.1. The molecule has 42 heavy (non-hydrogen) atoms. The third-order valence-electron chi connectivity index (χ3n) is 7.79. The summed E-state index contributed by atoms with van der Waals surface area (Å²) in [6.45, 7) is 4.90. The Bertz CT molecular complexity index is 1890. The van der Waals surface area contributed by atoms with Crippen molar-refractivity contribution in [3.05, 3.63) is 82.9 Å². The van der Waals surface area contributed by atoms with Crippen LogP contribution in [0.25, 0.3) is 28.4 Å². The van der Waals surface area contributed by atoms with Crippen molar-refractivity contribution < 1.29 is 18.7 Å². The molecular formula is C30H27FN8O3. The summed E-state index contributed by atoms with van der Waals surface area (Å²) < 4.78 is 22.5. The molecule has 4 heterocycles. The van der Waals surface area contributed by atoms with Gasteiger partial charge in [-0.2, -0.15) is 10.4 Å². The fraction of sp³-hybridized carbons (Fsp3) is 0.267. The number of hydrogen-bond acceptors (Lipinski definition) is 9. The molecule has 212 valence electrons. The van der Waals surface area contributed by atoms with Gasteiger partial charge in [0.15, 0.2) is 29.4 Å². The van der Waals surface area contributed by atoms with E-state index in [1.54, 1.807) is 44.2 Å². The van der Waals surface area contributed by atoms with Gasteiger partial charge in [-0.1, -0.05) is 24.3 Å². The quantitative estimate of drug-likeness (QED) is 0.292. The molecule has 1 fully saturated rings. The van der Waals surface area contributed by atoms with E-state index in [4.69, 9.17) is 15.2 Å². The number of fused-ring (bicyclic) bond motifs is 1. The average Bonchev–Trinajstić information content (AvgIpc) is 3.70. The number of nitrogens with zero attached hydrogens (tertiary/aromatic N) is 7. The molecule has 1 saturated heterocycles. The van der Waals surface area contributed by atoms with Crippen LogP contribution in [0, 0.1) is 29.5 Å². The van der Waals surface area contributed by atoms with Crippen LogP contribution in [-0.4, -0.2) is 53.6 Å². The summed E-state index contributed by atoms with van der Waals surface area (Å²) >= 11 is 0. The molecule has 1 atom stereocenters. The van der Waals surface area contributed by atoms with Crippen LogP contribution in [0.4, 0.5) is 10.2 Å². The van der Waals surface area contributed by atoms with Crippen molar-refractivity contribution in [1.29, 1.82) is 5.26 Å². The standard InChI is InChI=1S/C30H27FN8O3/c1-17-26(42-16-34-17)25-24(19-6-3-5-18(11-19)13-32)36-27(33)28-35-23(37-39(25)28)12-21-20(7-4-8-22(21)31)14-38-10-9-30(2,15-38)29(40)41/h3-8,11,16H,9-10,12,14-15H2,1-2H3,(H2,33,36)(H,40,41)/t30-/m1/s1. The van der Waals surface area contributed by atoms with Gasteiger partial charge in [0, 0.05) is 25.1 Å². The second-order valence-electron chi connectivity index (χ2n) is 10.8. The third-order valence-corrected chi connectivity index (χ3v) is 7.79. The lowest BCUT2D eigenvalue weighted by Crippen LogP contribution is -2.31. The molecule has 0 amide bonds. The zero-order valence-corrected chi connectivity index (χ0v) is 23.0. The number of rotatable bonds is 7. The molecule has 1 aliphatic heterocycles. The number of aliphatic carboxylic acids is 1. The van der Waals surface area contributed by atoms with E-state index < -0.39 is 17.2 Å². The molecule has 0 spiro atoms. The molecule has 0 saturated carbocycles. The highest BCUT2D eigenvalue weighted by Crippen LogP contribution is 2.35. The van der Waals surface area contributed by atoms with Gasteiger partial charge in [-0.25, -0.2) is 23.9 Å². The van der Waals surface area contributed by atoms with Crippen molar-refractivity contribution in [3.8, 4) is 28.8 Å². The molecular weight excluding hydrogens is 539 g/mol. The van der Waals surface area contributed by atoms with Crippen LogP contribution in [0.5, 0.6) is 0 Å². The Labute approximate surface area is 240 Å². The van der Waals surface area contributed by atoms with Gasteiger partial charge in [0.25, 0.3) is 0 Å². The topological polar surface area (TPSA) is 159 Å². The number of carboxylic acids is 1. The van der Waals surface area contributed by atoms with E-state index in [9.17, 15) is 15.2 Å². The number of carbonyl (C=O) groups is 1. The van der Waals surface area contributed by atoms with E-state index in [0.717, 1.165) is 5.56 Å². The maximum atomic E-state index is 15.3. The first-order valence-electron chi connectivity index (χ1n) is 13.3. The van der Waals surface area contributed by atoms with Crippen LogP contribution in [-0.2, 0) is 17.8 Å².